The predicted octanol–water partition coefficient (Wildman–Crippen LogP) is 1.58. The predicted molar refractivity (Wildman–Crippen MR) is 51.7 cm³/mol. The smallest absolute Gasteiger partial charge is 0.304 e. The van der Waals surface area contributed by atoms with Crippen LogP contribution in [0.2, 0.25) is 0 Å². The molecule has 0 aromatic heterocycles. The highest BCUT2D eigenvalue weighted by Crippen LogP contribution is 2.26. The number of rotatable bonds is 3. The Kier molecular flexibility index (Phi) is 3.31. The largest absolute Gasteiger partial charge is 0.481 e. The number of carboxylic acid groups (broad SMARTS) is 1. The van der Waals surface area contributed by atoms with E-state index in [1.165, 1.54) is 6.42 Å². The second-order valence-corrected chi connectivity index (χ2v) is 4.19. The van der Waals surface area contributed by atoms with Gasteiger partial charge >= 0.3 is 5.97 Å². The van der Waals surface area contributed by atoms with E-state index in [2.05, 4.69) is 18.7 Å². The maximum atomic E-state index is 10.5. The van der Waals surface area contributed by atoms with Crippen molar-refractivity contribution < 1.29 is 9.90 Å². The molecule has 0 aliphatic carbocycles. The van der Waals surface area contributed by atoms with Crippen molar-refractivity contribution in [3.63, 3.8) is 0 Å². The van der Waals surface area contributed by atoms with Crippen molar-refractivity contribution in [2.24, 2.45) is 5.92 Å². The summed E-state index contributed by atoms with van der Waals surface area (Å²) in [5, 5.41) is 8.67. The first-order chi connectivity index (χ1) is 6.02. The van der Waals surface area contributed by atoms with E-state index < -0.39 is 5.97 Å². The number of aliphatic carboxylic acids is 1. The standard InChI is InChI=1S/C10H19NO2/c1-7-4-5-11(9(7)3)8(2)6-10(12)13/h7-9H,4-6H2,1-3H3,(H,12,13). The lowest BCUT2D eigenvalue weighted by molar-refractivity contribution is -0.138. The van der Waals surface area contributed by atoms with Gasteiger partial charge in [-0.05, 0) is 32.7 Å². The zero-order chi connectivity index (χ0) is 10.0. The maximum Gasteiger partial charge on any atom is 0.304 e. The topological polar surface area (TPSA) is 40.5 Å². The molecule has 1 N–H and O–H groups in total. The van der Waals surface area contributed by atoms with Crippen molar-refractivity contribution in [1.82, 2.24) is 4.90 Å². The van der Waals surface area contributed by atoms with Crippen molar-refractivity contribution in [2.45, 2.75) is 45.7 Å². The van der Waals surface area contributed by atoms with Gasteiger partial charge in [0, 0.05) is 12.1 Å². The summed E-state index contributed by atoms with van der Waals surface area (Å²) in [5.41, 5.74) is 0. The van der Waals surface area contributed by atoms with Gasteiger partial charge in [0.15, 0.2) is 0 Å². The van der Waals surface area contributed by atoms with Gasteiger partial charge in [0.05, 0.1) is 6.42 Å². The van der Waals surface area contributed by atoms with Gasteiger partial charge in [0.25, 0.3) is 0 Å². The van der Waals surface area contributed by atoms with Crippen molar-refractivity contribution in [3.05, 3.63) is 0 Å². The van der Waals surface area contributed by atoms with Crippen LogP contribution in [-0.4, -0.2) is 34.6 Å². The Morgan fingerprint density at radius 1 is 1.62 bits per heavy atom. The van der Waals surface area contributed by atoms with Gasteiger partial charge in [-0.2, -0.15) is 0 Å². The number of hydrogen-bond donors (Lipinski definition) is 1. The highest BCUT2D eigenvalue weighted by molar-refractivity contribution is 5.67. The van der Waals surface area contributed by atoms with E-state index in [0.717, 1.165) is 6.54 Å². The molecule has 1 heterocycles. The summed E-state index contributed by atoms with van der Waals surface area (Å²) in [6.45, 7) is 7.48. The molecule has 3 unspecified atom stereocenters. The minimum atomic E-state index is -0.695. The number of hydrogen-bond acceptors (Lipinski definition) is 2. The molecule has 1 rings (SSSR count). The molecule has 3 heteroatoms. The number of carbonyl (C=O) groups is 1. The van der Waals surface area contributed by atoms with Crippen molar-refractivity contribution in [3.8, 4) is 0 Å². The molecule has 0 spiro atoms. The molecule has 76 valence electrons. The summed E-state index contributed by atoms with van der Waals surface area (Å²) in [7, 11) is 0. The normalized spacial score (nSPS) is 31.9. The van der Waals surface area contributed by atoms with E-state index in [4.69, 9.17) is 5.11 Å². The van der Waals surface area contributed by atoms with E-state index in [9.17, 15) is 4.79 Å². The van der Waals surface area contributed by atoms with Gasteiger partial charge in [-0.25, -0.2) is 0 Å². The molecule has 1 saturated heterocycles. The average molecular weight is 185 g/mol. The minimum absolute atomic E-state index is 0.178. The summed E-state index contributed by atoms with van der Waals surface area (Å²) in [6, 6.07) is 0.715. The molecule has 3 nitrogen and oxygen atoms in total. The maximum absolute atomic E-state index is 10.5. The first-order valence-electron chi connectivity index (χ1n) is 5.00. The lowest BCUT2D eigenvalue weighted by Gasteiger charge is -2.28. The summed E-state index contributed by atoms with van der Waals surface area (Å²) >= 11 is 0. The first kappa shape index (κ1) is 10.5. The Labute approximate surface area is 79.7 Å². The fraction of sp³-hybridized carbons (Fsp3) is 0.900. The second-order valence-electron chi connectivity index (χ2n) is 4.19. The average Bonchev–Trinajstić information content (AvgIpc) is 2.31. The van der Waals surface area contributed by atoms with E-state index in [1.807, 2.05) is 6.92 Å². The van der Waals surface area contributed by atoms with Crippen molar-refractivity contribution in [1.29, 1.82) is 0 Å². The third-order valence-corrected chi connectivity index (χ3v) is 3.23. The van der Waals surface area contributed by atoms with Gasteiger partial charge in [-0.3, -0.25) is 9.69 Å². The fourth-order valence-corrected chi connectivity index (χ4v) is 2.12. The number of nitrogens with zero attached hydrogens (tertiary/aromatic N) is 1. The highest BCUT2D eigenvalue weighted by atomic mass is 16.4. The summed E-state index contributed by atoms with van der Waals surface area (Å²) < 4.78 is 0. The van der Waals surface area contributed by atoms with E-state index in [-0.39, 0.29) is 12.5 Å². The zero-order valence-corrected chi connectivity index (χ0v) is 8.66. The second kappa shape index (κ2) is 4.09. The highest BCUT2D eigenvalue weighted by Gasteiger charge is 2.31. The van der Waals surface area contributed by atoms with Crippen LogP contribution in [0.4, 0.5) is 0 Å². The first-order valence-corrected chi connectivity index (χ1v) is 5.00. The molecule has 0 bridgehead atoms. The molecule has 0 amide bonds. The SMILES string of the molecule is CC1CCN(C(C)CC(=O)O)C1C. The minimum Gasteiger partial charge on any atom is -0.481 e. The Bertz CT molecular complexity index is 193. The summed E-state index contributed by atoms with van der Waals surface area (Å²) in [4.78, 5) is 12.8. The van der Waals surface area contributed by atoms with E-state index in [0.29, 0.717) is 12.0 Å². The summed E-state index contributed by atoms with van der Waals surface area (Å²) in [6.07, 6.45) is 1.46. The number of likely N-dealkylation sites (tertiary alicyclic amines) is 1. The van der Waals surface area contributed by atoms with Gasteiger partial charge in [-0.15, -0.1) is 0 Å². The quantitative estimate of drug-likeness (QED) is 0.725. The van der Waals surface area contributed by atoms with E-state index in [1.54, 1.807) is 0 Å². The Balaban J connectivity index is 2.47. The van der Waals surface area contributed by atoms with Gasteiger partial charge < -0.3 is 5.11 Å². The lowest BCUT2D eigenvalue weighted by atomic mass is 10.0. The van der Waals surface area contributed by atoms with Crippen molar-refractivity contribution in [2.75, 3.05) is 6.54 Å². The molecule has 0 aromatic rings. The van der Waals surface area contributed by atoms with Crippen LogP contribution in [0.15, 0.2) is 0 Å². The van der Waals surface area contributed by atoms with Crippen molar-refractivity contribution >= 4 is 5.97 Å². The Morgan fingerprint density at radius 3 is 2.62 bits per heavy atom. The number of carboxylic acids is 1. The van der Waals surface area contributed by atoms with Gasteiger partial charge in [0.1, 0.15) is 0 Å². The van der Waals surface area contributed by atoms with Crippen LogP contribution >= 0.6 is 0 Å². The molecule has 13 heavy (non-hydrogen) atoms. The molecule has 0 saturated carbocycles. The van der Waals surface area contributed by atoms with Crippen LogP contribution in [0.1, 0.15) is 33.6 Å². The van der Waals surface area contributed by atoms with Crippen LogP contribution in [0, 0.1) is 5.92 Å². The molecular weight excluding hydrogens is 166 g/mol. The third kappa shape index (κ3) is 2.44. The van der Waals surface area contributed by atoms with E-state index >= 15 is 0 Å². The Morgan fingerprint density at radius 2 is 2.23 bits per heavy atom. The molecular formula is C10H19NO2. The van der Waals surface area contributed by atoms with Crippen LogP contribution < -0.4 is 0 Å². The molecule has 1 aliphatic heterocycles. The monoisotopic (exact) mass is 185 g/mol. The Hall–Kier alpha value is -0.570. The van der Waals surface area contributed by atoms with Crippen LogP contribution in [0.3, 0.4) is 0 Å². The third-order valence-electron chi connectivity index (χ3n) is 3.23. The molecule has 0 radical (unpaired) electrons. The molecule has 1 aliphatic rings. The van der Waals surface area contributed by atoms with Crippen LogP contribution in [0.5, 0.6) is 0 Å². The van der Waals surface area contributed by atoms with Crippen LogP contribution in [0.25, 0.3) is 0 Å². The van der Waals surface area contributed by atoms with Gasteiger partial charge in [0.2, 0.25) is 0 Å². The fourth-order valence-electron chi connectivity index (χ4n) is 2.12. The zero-order valence-electron chi connectivity index (χ0n) is 8.66. The molecule has 0 aromatic carbocycles. The molecule has 3 atom stereocenters. The summed E-state index contributed by atoms with van der Waals surface area (Å²) in [5.74, 6) is 0.00972. The molecule has 1 fully saturated rings. The lowest BCUT2D eigenvalue weighted by Crippen LogP contribution is -2.38. The van der Waals surface area contributed by atoms with Crippen LogP contribution in [-0.2, 0) is 4.79 Å². The van der Waals surface area contributed by atoms with Gasteiger partial charge in [-0.1, -0.05) is 6.92 Å².